The molecule has 3 rings (SSSR count). The second-order valence-corrected chi connectivity index (χ2v) is 6.59. The van der Waals surface area contributed by atoms with Crippen molar-refractivity contribution in [3.8, 4) is 0 Å². The molecule has 23 heavy (non-hydrogen) atoms. The van der Waals surface area contributed by atoms with E-state index in [0.717, 1.165) is 36.8 Å². The van der Waals surface area contributed by atoms with E-state index < -0.39 is 0 Å². The largest absolute Gasteiger partial charge is 0.369 e. The minimum atomic E-state index is 0.0395. The molecule has 1 fully saturated rings. The van der Waals surface area contributed by atoms with E-state index in [1.807, 2.05) is 24.5 Å². The summed E-state index contributed by atoms with van der Waals surface area (Å²) in [4.78, 5) is 4.50. The maximum atomic E-state index is 5.96. The average molecular weight is 334 g/mol. The standard InChI is InChI=1S/C18H24ClN3O/c1-3-22-10-9-20-18(22)17-16(8-11-23-17)21-13(2)12-14-4-6-15(19)7-5-14/h4-7,9-10,13,16-17,21H,3,8,11-12H2,1-2H3/t13-,16-,17-/m0/s1. The Morgan fingerprint density at radius 2 is 2.17 bits per heavy atom. The number of benzene rings is 1. The Kier molecular flexibility index (Phi) is 5.36. The predicted octanol–water partition coefficient (Wildman–Crippen LogP) is 3.61. The van der Waals surface area contributed by atoms with Gasteiger partial charge in [0.2, 0.25) is 0 Å². The van der Waals surface area contributed by atoms with Crippen LogP contribution in [0.2, 0.25) is 5.02 Å². The van der Waals surface area contributed by atoms with E-state index in [0.29, 0.717) is 12.1 Å². The third-order valence-corrected chi connectivity index (χ3v) is 4.64. The second kappa shape index (κ2) is 7.47. The van der Waals surface area contributed by atoms with Crippen molar-refractivity contribution in [3.05, 3.63) is 53.1 Å². The Bertz CT molecular complexity index is 625. The number of aryl methyl sites for hydroxylation is 1. The van der Waals surface area contributed by atoms with Crippen molar-refractivity contribution in [2.45, 2.75) is 51.4 Å². The molecule has 1 aromatic carbocycles. The van der Waals surface area contributed by atoms with Gasteiger partial charge in [0.25, 0.3) is 0 Å². The van der Waals surface area contributed by atoms with Crippen LogP contribution in [-0.4, -0.2) is 28.2 Å². The monoisotopic (exact) mass is 333 g/mol. The van der Waals surface area contributed by atoms with Crippen LogP contribution in [0, 0.1) is 0 Å². The average Bonchev–Trinajstić information content (AvgIpc) is 3.17. The summed E-state index contributed by atoms with van der Waals surface area (Å²) in [7, 11) is 0. The fourth-order valence-corrected chi connectivity index (χ4v) is 3.38. The molecule has 5 heteroatoms. The first-order valence-corrected chi connectivity index (χ1v) is 8.68. The molecule has 3 atom stereocenters. The van der Waals surface area contributed by atoms with Crippen LogP contribution in [0.1, 0.15) is 37.8 Å². The molecule has 1 aliphatic rings. The molecule has 2 heterocycles. The topological polar surface area (TPSA) is 39.1 Å². The number of aromatic nitrogens is 2. The summed E-state index contributed by atoms with van der Waals surface area (Å²) in [5.41, 5.74) is 1.29. The lowest BCUT2D eigenvalue weighted by Crippen LogP contribution is -2.40. The fraction of sp³-hybridized carbons (Fsp3) is 0.500. The molecule has 0 radical (unpaired) electrons. The summed E-state index contributed by atoms with van der Waals surface area (Å²) in [5, 5.41) is 4.50. The molecule has 0 spiro atoms. The maximum absolute atomic E-state index is 5.96. The van der Waals surface area contributed by atoms with Crippen molar-refractivity contribution < 1.29 is 4.74 Å². The number of nitrogens with zero attached hydrogens (tertiary/aromatic N) is 2. The third-order valence-electron chi connectivity index (χ3n) is 4.39. The third kappa shape index (κ3) is 3.94. The summed E-state index contributed by atoms with van der Waals surface area (Å²) in [6, 6.07) is 8.76. The van der Waals surface area contributed by atoms with Crippen LogP contribution >= 0.6 is 11.6 Å². The first-order valence-electron chi connectivity index (χ1n) is 8.30. The molecule has 1 saturated heterocycles. The molecule has 0 aliphatic carbocycles. The summed E-state index contributed by atoms with van der Waals surface area (Å²) < 4.78 is 8.12. The molecular weight excluding hydrogens is 310 g/mol. The van der Waals surface area contributed by atoms with E-state index in [-0.39, 0.29) is 6.10 Å². The van der Waals surface area contributed by atoms with Gasteiger partial charge < -0.3 is 14.6 Å². The molecule has 1 N–H and O–H groups in total. The first-order chi connectivity index (χ1) is 11.2. The molecule has 0 amide bonds. The van der Waals surface area contributed by atoms with E-state index in [2.05, 4.69) is 40.8 Å². The minimum absolute atomic E-state index is 0.0395. The Balaban J connectivity index is 1.63. The number of nitrogens with one attached hydrogen (secondary N) is 1. The van der Waals surface area contributed by atoms with Crippen LogP contribution in [-0.2, 0) is 17.7 Å². The van der Waals surface area contributed by atoms with Gasteiger partial charge in [0.05, 0.1) is 0 Å². The van der Waals surface area contributed by atoms with Gasteiger partial charge in [0.15, 0.2) is 0 Å². The molecule has 124 valence electrons. The van der Waals surface area contributed by atoms with Crippen molar-refractivity contribution in [3.63, 3.8) is 0 Å². The molecule has 0 bridgehead atoms. The summed E-state index contributed by atoms with van der Waals surface area (Å²) in [6.45, 7) is 6.05. The van der Waals surface area contributed by atoms with Gasteiger partial charge in [-0.2, -0.15) is 0 Å². The minimum Gasteiger partial charge on any atom is -0.369 e. The van der Waals surface area contributed by atoms with E-state index in [1.54, 1.807) is 0 Å². The van der Waals surface area contributed by atoms with Crippen LogP contribution in [0.15, 0.2) is 36.7 Å². The van der Waals surface area contributed by atoms with Crippen LogP contribution in [0.4, 0.5) is 0 Å². The van der Waals surface area contributed by atoms with Gasteiger partial charge in [-0.3, -0.25) is 0 Å². The Morgan fingerprint density at radius 1 is 1.39 bits per heavy atom. The molecule has 1 aliphatic heterocycles. The van der Waals surface area contributed by atoms with Crippen molar-refractivity contribution in [1.29, 1.82) is 0 Å². The molecule has 2 aromatic rings. The predicted molar refractivity (Wildman–Crippen MR) is 92.8 cm³/mol. The highest BCUT2D eigenvalue weighted by Gasteiger charge is 2.33. The van der Waals surface area contributed by atoms with Crippen molar-refractivity contribution >= 4 is 11.6 Å². The molecular formula is C18H24ClN3O. The lowest BCUT2D eigenvalue weighted by Gasteiger charge is -2.24. The second-order valence-electron chi connectivity index (χ2n) is 6.16. The van der Waals surface area contributed by atoms with Crippen LogP contribution in [0.5, 0.6) is 0 Å². The molecule has 4 nitrogen and oxygen atoms in total. The number of hydrogen-bond acceptors (Lipinski definition) is 3. The zero-order chi connectivity index (χ0) is 16.2. The maximum Gasteiger partial charge on any atom is 0.139 e. The van der Waals surface area contributed by atoms with Gasteiger partial charge in [-0.1, -0.05) is 23.7 Å². The molecule has 1 aromatic heterocycles. The van der Waals surface area contributed by atoms with Crippen molar-refractivity contribution in [1.82, 2.24) is 14.9 Å². The van der Waals surface area contributed by atoms with Gasteiger partial charge >= 0.3 is 0 Å². The first kappa shape index (κ1) is 16.5. The molecule has 0 saturated carbocycles. The smallest absolute Gasteiger partial charge is 0.139 e. The lowest BCUT2D eigenvalue weighted by atomic mass is 10.0. The molecule has 0 unspecified atom stereocenters. The summed E-state index contributed by atoms with van der Waals surface area (Å²) >= 11 is 5.95. The summed E-state index contributed by atoms with van der Waals surface area (Å²) in [6.07, 6.45) is 5.91. The van der Waals surface area contributed by atoms with Gasteiger partial charge in [-0.05, 0) is 44.4 Å². The highest BCUT2D eigenvalue weighted by Crippen LogP contribution is 2.28. The SMILES string of the molecule is CCn1ccnc1[C@H]1OCC[C@@H]1N[C@@H](C)Cc1ccc(Cl)cc1. The van der Waals surface area contributed by atoms with Gasteiger partial charge in [0.1, 0.15) is 11.9 Å². The van der Waals surface area contributed by atoms with Crippen LogP contribution in [0.3, 0.4) is 0 Å². The van der Waals surface area contributed by atoms with E-state index >= 15 is 0 Å². The zero-order valence-electron chi connectivity index (χ0n) is 13.7. The zero-order valence-corrected chi connectivity index (χ0v) is 14.5. The Hall–Kier alpha value is -1.36. The van der Waals surface area contributed by atoms with E-state index in [4.69, 9.17) is 16.3 Å². The normalized spacial score (nSPS) is 22.4. The summed E-state index contributed by atoms with van der Waals surface area (Å²) in [5.74, 6) is 1.03. The Labute approximate surface area is 142 Å². The number of ether oxygens (including phenoxy) is 1. The van der Waals surface area contributed by atoms with E-state index in [1.165, 1.54) is 5.56 Å². The highest BCUT2D eigenvalue weighted by molar-refractivity contribution is 6.30. The lowest BCUT2D eigenvalue weighted by molar-refractivity contribution is 0.0869. The highest BCUT2D eigenvalue weighted by atomic mass is 35.5. The van der Waals surface area contributed by atoms with Crippen molar-refractivity contribution in [2.24, 2.45) is 0 Å². The number of halogens is 1. The van der Waals surface area contributed by atoms with E-state index in [9.17, 15) is 0 Å². The van der Waals surface area contributed by atoms with Gasteiger partial charge in [0, 0.05) is 42.7 Å². The number of imidazole rings is 1. The van der Waals surface area contributed by atoms with Gasteiger partial charge in [-0.25, -0.2) is 4.98 Å². The van der Waals surface area contributed by atoms with Crippen molar-refractivity contribution in [2.75, 3.05) is 6.61 Å². The fourth-order valence-electron chi connectivity index (χ4n) is 3.26. The number of hydrogen-bond donors (Lipinski definition) is 1. The van der Waals surface area contributed by atoms with Gasteiger partial charge in [-0.15, -0.1) is 0 Å². The van der Waals surface area contributed by atoms with Crippen LogP contribution < -0.4 is 5.32 Å². The quantitative estimate of drug-likeness (QED) is 0.877. The number of rotatable bonds is 6. The van der Waals surface area contributed by atoms with Crippen LogP contribution in [0.25, 0.3) is 0 Å². The Morgan fingerprint density at radius 3 is 2.91 bits per heavy atom.